The largest absolute Gasteiger partial charge is 0.492 e. The second-order valence-corrected chi connectivity index (χ2v) is 12.0. The minimum Gasteiger partial charge on any atom is -0.492 e. The highest BCUT2D eigenvalue weighted by molar-refractivity contribution is 8.26. The van der Waals surface area contributed by atoms with Gasteiger partial charge in [-0.2, -0.15) is 0 Å². The molecule has 2 aliphatic heterocycles. The lowest BCUT2D eigenvalue weighted by Gasteiger charge is -2.26. The average Bonchev–Trinajstić information content (AvgIpc) is 3.60. The zero-order valence-electron chi connectivity index (χ0n) is 23.4. The number of amides is 1. The quantitative estimate of drug-likeness (QED) is 0.172. The molecule has 0 saturated carbocycles. The molecule has 1 N–H and O–H groups in total. The maximum Gasteiger partial charge on any atom is 0.335 e. The Kier molecular flexibility index (Phi) is 8.90. The highest BCUT2D eigenvalue weighted by Crippen LogP contribution is 2.37. The van der Waals surface area contributed by atoms with Gasteiger partial charge in [-0.25, -0.2) is 4.79 Å². The van der Waals surface area contributed by atoms with Crippen molar-refractivity contribution in [2.75, 3.05) is 46.0 Å². The Hall–Kier alpha value is -3.96. The molecule has 0 unspecified atom stereocenters. The van der Waals surface area contributed by atoms with Crippen molar-refractivity contribution in [3.05, 3.63) is 94.6 Å². The molecule has 2 saturated heterocycles. The minimum atomic E-state index is -0.966. The molecule has 6 rings (SSSR count). The number of ether oxygens (including phenoxy) is 2. The van der Waals surface area contributed by atoms with Gasteiger partial charge in [-0.05, 0) is 71.7 Å². The predicted molar refractivity (Wildman–Crippen MR) is 171 cm³/mol. The van der Waals surface area contributed by atoms with Crippen LogP contribution in [0.4, 0.5) is 0 Å². The van der Waals surface area contributed by atoms with Crippen LogP contribution in [0, 0.1) is 0 Å². The SMILES string of the molecule is O=C(O)c1ccc(CCN2C(=O)C(=Cc3ccc(OCCN4CCOCC4)c(-c4ccc5occc5c4)c3)SC2=S)cc1. The first kappa shape index (κ1) is 29.1. The van der Waals surface area contributed by atoms with E-state index in [0.29, 0.717) is 28.8 Å². The standard InChI is InChI=1S/C33H30N2O6S2/c36-31-30(43-33(42)35(31)11-9-22-1-4-24(5-2-22)32(37)38)20-23-3-7-29(41-18-14-34-12-16-39-17-13-34)27(19-23)25-6-8-28-26(21-25)10-15-40-28/h1-8,10,15,19-21H,9,11-14,16-18H2,(H,37,38). The molecule has 1 aromatic heterocycles. The second kappa shape index (κ2) is 13.1. The highest BCUT2D eigenvalue weighted by atomic mass is 32.2. The molecule has 3 heterocycles. The molecule has 0 aliphatic carbocycles. The van der Waals surface area contributed by atoms with E-state index in [9.17, 15) is 9.59 Å². The predicted octanol–water partition coefficient (Wildman–Crippen LogP) is 5.95. The third-order valence-electron chi connectivity index (χ3n) is 7.53. The number of benzene rings is 3. The van der Waals surface area contributed by atoms with Gasteiger partial charge in [0.1, 0.15) is 22.3 Å². The van der Waals surface area contributed by atoms with Crippen molar-refractivity contribution in [3.8, 4) is 16.9 Å². The average molecular weight is 615 g/mol. The Bertz CT molecular complexity index is 1690. The van der Waals surface area contributed by atoms with Crippen molar-refractivity contribution in [1.82, 2.24) is 9.80 Å². The fourth-order valence-corrected chi connectivity index (χ4v) is 6.44. The van der Waals surface area contributed by atoms with E-state index in [4.69, 9.17) is 31.2 Å². The number of hydrogen-bond donors (Lipinski definition) is 1. The van der Waals surface area contributed by atoms with E-state index in [1.165, 1.54) is 11.8 Å². The van der Waals surface area contributed by atoms with Gasteiger partial charge in [0.05, 0.1) is 29.9 Å². The molecule has 8 nitrogen and oxygen atoms in total. The van der Waals surface area contributed by atoms with E-state index < -0.39 is 5.97 Å². The number of morpholine rings is 1. The number of carboxylic acid groups (broad SMARTS) is 1. The number of rotatable bonds is 10. The van der Waals surface area contributed by atoms with E-state index in [1.807, 2.05) is 42.5 Å². The first-order valence-corrected chi connectivity index (χ1v) is 15.3. The summed E-state index contributed by atoms with van der Waals surface area (Å²) in [6, 6.07) is 20.6. The zero-order chi connectivity index (χ0) is 29.8. The Balaban J connectivity index is 1.20. The van der Waals surface area contributed by atoms with Crippen molar-refractivity contribution in [2.45, 2.75) is 6.42 Å². The van der Waals surface area contributed by atoms with Crippen molar-refractivity contribution in [3.63, 3.8) is 0 Å². The number of furan rings is 1. The number of aromatic carboxylic acids is 1. The Morgan fingerprint density at radius 2 is 1.84 bits per heavy atom. The monoisotopic (exact) mass is 614 g/mol. The van der Waals surface area contributed by atoms with Crippen molar-refractivity contribution in [1.29, 1.82) is 0 Å². The molecule has 4 aromatic rings. The Labute approximate surface area is 258 Å². The van der Waals surface area contributed by atoms with Gasteiger partial charge in [-0.15, -0.1) is 0 Å². The summed E-state index contributed by atoms with van der Waals surface area (Å²) in [5, 5.41) is 10.1. The summed E-state index contributed by atoms with van der Waals surface area (Å²) in [7, 11) is 0. The van der Waals surface area contributed by atoms with Gasteiger partial charge in [0.25, 0.3) is 5.91 Å². The van der Waals surface area contributed by atoms with E-state index in [0.717, 1.165) is 71.8 Å². The molecule has 0 spiro atoms. The minimum absolute atomic E-state index is 0.135. The molecule has 0 atom stereocenters. The van der Waals surface area contributed by atoms with Crippen LogP contribution in [0.2, 0.25) is 0 Å². The maximum atomic E-state index is 13.3. The Morgan fingerprint density at radius 3 is 2.63 bits per heavy atom. The van der Waals surface area contributed by atoms with E-state index in [2.05, 4.69) is 11.0 Å². The fourth-order valence-electron chi connectivity index (χ4n) is 5.13. The molecule has 0 bridgehead atoms. The topological polar surface area (TPSA) is 92.5 Å². The number of carbonyl (C=O) groups excluding carboxylic acids is 1. The summed E-state index contributed by atoms with van der Waals surface area (Å²) >= 11 is 6.84. The molecule has 2 fully saturated rings. The molecule has 220 valence electrons. The van der Waals surface area contributed by atoms with Gasteiger partial charge >= 0.3 is 5.97 Å². The normalized spacial score (nSPS) is 16.8. The van der Waals surface area contributed by atoms with Gasteiger partial charge < -0.3 is 19.0 Å². The number of hydrogen-bond acceptors (Lipinski definition) is 8. The summed E-state index contributed by atoms with van der Waals surface area (Å²) in [4.78, 5) is 29.0. The first-order chi connectivity index (χ1) is 20.9. The molecule has 10 heteroatoms. The molecule has 1 amide bonds. The molecule has 0 radical (unpaired) electrons. The van der Waals surface area contributed by atoms with Gasteiger partial charge in [0.2, 0.25) is 0 Å². The van der Waals surface area contributed by atoms with Crippen LogP contribution in [-0.2, 0) is 16.0 Å². The Morgan fingerprint density at radius 1 is 1.02 bits per heavy atom. The molecule has 2 aliphatic rings. The van der Waals surface area contributed by atoms with Crippen LogP contribution in [0.15, 0.2) is 82.3 Å². The number of nitrogens with zero attached hydrogens (tertiary/aromatic N) is 2. The third-order valence-corrected chi connectivity index (χ3v) is 8.91. The summed E-state index contributed by atoms with van der Waals surface area (Å²) in [5.74, 6) is -0.328. The first-order valence-electron chi connectivity index (χ1n) is 14.1. The molecule has 3 aromatic carbocycles. The van der Waals surface area contributed by atoms with E-state index >= 15 is 0 Å². The zero-order valence-corrected chi connectivity index (χ0v) is 25.0. The summed E-state index contributed by atoms with van der Waals surface area (Å²) in [6.07, 6.45) is 4.12. The van der Waals surface area contributed by atoms with Crippen LogP contribution in [0.5, 0.6) is 5.75 Å². The number of thioether (sulfide) groups is 1. The summed E-state index contributed by atoms with van der Waals surface area (Å²) < 4.78 is 17.8. The van der Waals surface area contributed by atoms with Crippen LogP contribution in [0.1, 0.15) is 21.5 Å². The number of fused-ring (bicyclic) bond motifs is 1. The number of carboxylic acids is 1. The van der Waals surface area contributed by atoms with Crippen LogP contribution in [0.3, 0.4) is 0 Å². The van der Waals surface area contributed by atoms with Gasteiger partial charge in [0, 0.05) is 37.1 Å². The van der Waals surface area contributed by atoms with Crippen LogP contribution < -0.4 is 4.74 Å². The van der Waals surface area contributed by atoms with Gasteiger partial charge in [-0.3, -0.25) is 14.6 Å². The lowest BCUT2D eigenvalue weighted by Crippen LogP contribution is -2.38. The van der Waals surface area contributed by atoms with Gasteiger partial charge in [-0.1, -0.05) is 48.2 Å². The lowest BCUT2D eigenvalue weighted by atomic mass is 10.0. The van der Waals surface area contributed by atoms with Crippen molar-refractivity contribution < 1.29 is 28.6 Å². The van der Waals surface area contributed by atoms with Crippen LogP contribution >= 0.6 is 24.0 Å². The van der Waals surface area contributed by atoms with Crippen LogP contribution in [0.25, 0.3) is 28.2 Å². The van der Waals surface area contributed by atoms with Crippen LogP contribution in [-0.4, -0.2) is 77.1 Å². The van der Waals surface area contributed by atoms with Crippen molar-refractivity contribution >= 4 is 57.2 Å². The maximum absolute atomic E-state index is 13.3. The third kappa shape index (κ3) is 6.83. The molecule has 43 heavy (non-hydrogen) atoms. The number of thiocarbonyl (C=S) groups is 1. The highest BCUT2D eigenvalue weighted by Gasteiger charge is 2.31. The fraction of sp³-hybridized carbons (Fsp3) is 0.242. The van der Waals surface area contributed by atoms with Gasteiger partial charge in [0.15, 0.2) is 0 Å². The molecular formula is C33H30N2O6S2. The summed E-state index contributed by atoms with van der Waals surface area (Å²) in [6.45, 7) is 5.09. The van der Waals surface area contributed by atoms with E-state index in [-0.39, 0.29) is 11.5 Å². The lowest BCUT2D eigenvalue weighted by molar-refractivity contribution is -0.122. The molecular weight excluding hydrogens is 585 g/mol. The smallest absolute Gasteiger partial charge is 0.335 e. The van der Waals surface area contributed by atoms with Crippen molar-refractivity contribution in [2.24, 2.45) is 0 Å². The summed E-state index contributed by atoms with van der Waals surface area (Å²) in [5.41, 5.74) is 4.77. The second-order valence-electron chi connectivity index (χ2n) is 10.3. The van der Waals surface area contributed by atoms with E-state index in [1.54, 1.807) is 35.4 Å². The number of carbonyl (C=O) groups is 2.